The molecule has 0 saturated carbocycles. The van der Waals surface area contributed by atoms with E-state index in [1.807, 2.05) is 30.0 Å². The number of imidazole rings is 1. The Morgan fingerprint density at radius 3 is 2.65 bits per heavy atom. The van der Waals surface area contributed by atoms with Crippen molar-refractivity contribution >= 4 is 16.9 Å². The van der Waals surface area contributed by atoms with Crippen molar-refractivity contribution in [2.45, 2.75) is 46.1 Å². The molecule has 0 aliphatic carbocycles. The zero-order chi connectivity index (χ0) is 21.8. The number of nitrogens with one attached hydrogen (secondary N) is 1. The molecule has 4 aromatic rings. The van der Waals surface area contributed by atoms with Crippen LogP contribution in [0.5, 0.6) is 0 Å². The third-order valence-electron chi connectivity index (χ3n) is 6.59. The summed E-state index contributed by atoms with van der Waals surface area (Å²) < 4.78 is 0. The number of aromatic amines is 1. The molecule has 1 aliphatic heterocycles. The van der Waals surface area contributed by atoms with Gasteiger partial charge in [-0.25, -0.2) is 4.98 Å². The second-order valence-corrected chi connectivity index (χ2v) is 8.66. The number of hydrogen-bond donors (Lipinski definition) is 1. The third kappa shape index (κ3) is 3.03. The van der Waals surface area contributed by atoms with Crippen molar-refractivity contribution in [2.75, 3.05) is 6.54 Å². The summed E-state index contributed by atoms with van der Waals surface area (Å²) in [7, 11) is 0. The van der Waals surface area contributed by atoms with Gasteiger partial charge >= 0.3 is 0 Å². The molecule has 7 heteroatoms. The van der Waals surface area contributed by atoms with E-state index in [-0.39, 0.29) is 5.91 Å². The van der Waals surface area contributed by atoms with Gasteiger partial charge < -0.3 is 9.88 Å². The van der Waals surface area contributed by atoms with Gasteiger partial charge in [0.2, 0.25) is 0 Å². The van der Waals surface area contributed by atoms with Crippen molar-refractivity contribution in [3.63, 3.8) is 0 Å². The Balaban J connectivity index is 1.59. The van der Waals surface area contributed by atoms with Crippen molar-refractivity contribution in [3.8, 4) is 5.69 Å². The minimum atomic E-state index is -0.505. The molecule has 1 aliphatic rings. The number of rotatable bonds is 3. The van der Waals surface area contributed by atoms with Crippen molar-refractivity contribution in [1.29, 1.82) is 0 Å². The Morgan fingerprint density at radius 2 is 1.87 bits per heavy atom. The summed E-state index contributed by atoms with van der Waals surface area (Å²) in [6.07, 6.45) is 5.02. The molecule has 0 radical (unpaired) electrons. The van der Waals surface area contributed by atoms with Gasteiger partial charge in [0.25, 0.3) is 5.91 Å². The molecule has 3 heterocycles. The summed E-state index contributed by atoms with van der Waals surface area (Å²) in [6, 6.07) is 9.98. The van der Waals surface area contributed by atoms with E-state index in [9.17, 15) is 4.79 Å². The molecule has 31 heavy (non-hydrogen) atoms. The second-order valence-electron chi connectivity index (χ2n) is 8.66. The van der Waals surface area contributed by atoms with Crippen LogP contribution in [0.25, 0.3) is 16.7 Å². The fraction of sp³-hybridized carbons (Fsp3) is 0.333. The van der Waals surface area contributed by atoms with Crippen LogP contribution in [0, 0.1) is 20.8 Å². The topological polar surface area (TPSA) is 79.7 Å². The zero-order valence-corrected chi connectivity index (χ0v) is 18.3. The molecule has 5 rings (SSSR count). The standard InChI is InChI=1S/C24H26N6O/c1-15-6-9-20(30-25-11-12-26-30)18(14-15)22(31)29-13-5-10-24(29,4)23-27-19-8-7-16(2)17(3)21(19)28-23/h6-9,11-12,14H,5,10,13H2,1-4H3,(H,27,28). The number of carbonyl (C=O) groups is 1. The Bertz CT molecular complexity index is 1290. The lowest BCUT2D eigenvalue weighted by atomic mass is 9.96. The molecular weight excluding hydrogens is 388 g/mol. The first-order valence-electron chi connectivity index (χ1n) is 10.6. The minimum absolute atomic E-state index is 0.0237. The van der Waals surface area contributed by atoms with E-state index in [0.29, 0.717) is 17.8 Å². The van der Waals surface area contributed by atoms with Crippen LogP contribution in [0.15, 0.2) is 42.7 Å². The van der Waals surface area contributed by atoms with Gasteiger partial charge in [0, 0.05) is 6.54 Å². The molecule has 0 bridgehead atoms. The summed E-state index contributed by atoms with van der Waals surface area (Å²) in [4.78, 5) is 25.8. The average Bonchev–Trinajstić information content (AvgIpc) is 3.50. The van der Waals surface area contributed by atoms with Crippen LogP contribution in [-0.4, -0.2) is 42.3 Å². The van der Waals surface area contributed by atoms with E-state index < -0.39 is 5.54 Å². The van der Waals surface area contributed by atoms with Crippen LogP contribution >= 0.6 is 0 Å². The smallest absolute Gasteiger partial charge is 0.256 e. The van der Waals surface area contributed by atoms with Crippen LogP contribution in [0.2, 0.25) is 0 Å². The third-order valence-corrected chi connectivity index (χ3v) is 6.59. The lowest BCUT2D eigenvalue weighted by Gasteiger charge is -2.34. The van der Waals surface area contributed by atoms with Gasteiger partial charge in [-0.15, -0.1) is 0 Å². The number of H-pyrrole nitrogens is 1. The van der Waals surface area contributed by atoms with Gasteiger partial charge in [-0.1, -0.05) is 17.7 Å². The average molecular weight is 415 g/mol. The number of benzene rings is 2. The number of amides is 1. The molecule has 1 atom stereocenters. The Labute approximate surface area is 181 Å². The fourth-order valence-electron chi connectivity index (χ4n) is 4.58. The van der Waals surface area contributed by atoms with Crippen LogP contribution in [0.3, 0.4) is 0 Å². The quantitative estimate of drug-likeness (QED) is 0.544. The molecule has 2 aromatic carbocycles. The number of carbonyl (C=O) groups excluding carboxylic acids is 1. The van der Waals surface area contributed by atoms with Crippen molar-refractivity contribution in [3.05, 3.63) is 70.8 Å². The first-order valence-corrected chi connectivity index (χ1v) is 10.6. The molecule has 1 N–H and O–H groups in total. The summed E-state index contributed by atoms with van der Waals surface area (Å²) in [5.74, 6) is 0.817. The van der Waals surface area contributed by atoms with Gasteiger partial charge in [-0.05, 0) is 69.9 Å². The number of likely N-dealkylation sites (tertiary alicyclic amines) is 1. The van der Waals surface area contributed by atoms with Gasteiger partial charge in [0.05, 0.1) is 40.2 Å². The van der Waals surface area contributed by atoms with Crippen LogP contribution in [-0.2, 0) is 5.54 Å². The minimum Gasteiger partial charge on any atom is -0.340 e. The number of fused-ring (bicyclic) bond motifs is 1. The summed E-state index contributed by atoms with van der Waals surface area (Å²) in [5.41, 5.74) is 6.18. The van der Waals surface area contributed by atoms with E-state index in [1.54, 1.807) is 12.4 Å². The maximum Gasteiger partial charge on any atom is 0.256 e. The lowest BCUT2D eigenvalue weighted by molar-refractivity contribution is 0.0605. The highest BCUT2D eigenvalue weighted by molar-refractivity contribution is 5.98. The predicted octanol–water partition coefficient (Wildman–Crippen LogP) is 4.22. The summed E-state index contributed by atoms with van der Waals surface area (Å²) in [6.45, 7) is 8.98. The van der Waals surface area contributed by atoms with E-state index >= 15 is 0 Å². The van der Waals surface area contributed by atoms with Crippen molar-refractivity contribution in [2.24, 2.45) is 0 Å². The number of aryl methyl sites for hydroxylation is 3. The maximum absolute atomic E-state index is 13.9. The second kappa shape index (κ2) is 7.04. The highest BCUT2D eigenvalue weighted by atomic mass is 16.2. The monoisotopic (exact) mass is 414 g/mol. The van der Waals surface area contributed by atoms with Gasteiger partial charge in [-0.2, -0.15) is 15.0 Å². The number of aromatic nitrogens is 5. The van der Waals surface area contributed by atoms with Crippen LogP contribution in [0.4, 0.5) is 0 Å². The van der Waals surface area contributed by atoms with Crippen LogP contribution in [0.1, 0.15) is 52.6 Å². The summed E-state index contributed by atoms with van der Waals surface area (Å²) in [5, 5.41) is 8.49. The molecule has 1 amide bonds. The highest BCUT2D eigenvalue weighted by Gasteiger charge is 2.44. The highest BCUT2D eigenvalue weighted by Crippen LogP contribution is 2.39. The molecule has 7 nitrogen and oxygen atoms in total. The number of nitrogens with zero attached hydrogens (tertiary/aromatic N) is 5. The maximum atomic E-state index is 13.9. The fourth-order valence-corrected chi connectivity index (χ4v) is 4.58. The van der Waals surface area contributed by atoms with E-state index in [0.717, 1.165) is 35.3 Å². The first-order chi connectivity index (χ1) is 14.9. The Hall–Kier alpha value is -3.48. The molecule has 1 fully saturated rings. The van der Waals surface area contributed by atoms with E-state index in [1.165, 1.54) is 15.9 Å². The van der Waals surface area contributed by atoms with Crippen molar-refractivity contribution < 1.29 is 4.79 Å². The molecule has 0 spiro atoms. The predicted molar refractivity (Wildman–Crippen MR) is 119 cm³/mol. The van der Waals surface area contributed by atoms with Gasteiger partial charge in [-0.3, -0.25) is 4.79 Å². The first kappa shape index (κ1) is 19.5. The molecule has 1 unspecified atom stereocenters. The van der Waals surface area contributed by atoms with Crippen molar-refractivity contribution in [1.82, 2.24) is 29.9 Å². The molecule has 158 valence electrons. The van der Waals surface area contributed by atoms with Gasteiger partial charge in [0.15, 0.2) is 0 Å². The lowest BCUT2D eigenvalue weighted by Crippen LogP contribution is -2.44. The van der Waals surface area contributed by atoms with Gasteiger partial charge in [0.1, 0.15) is 5.82 Å². The van der Waals surface area contributed by atoms with E-state index in [4.69, 9.17) is 4.98 Å². The Morgan fingerprint density at radius 1 is 1.10 bits per heavy atom. The summed E-state index contributed by atoms with van der Waals surface area (Å²) >= 11 is 0. The molecule has 1 saturated heterocycles. The largest absolute Gasteiger partial charge is 0.340 e. The zero-order valence-electron chi connectivity index (χ0n) is 18.3. The molecule has 2 aromatic heterocycles. The van der Waals surface area contributed by atoms with E-state index in [2.05, 4.69) is 48.1 Å². The normalized spacial score (nSPS) is 18.8. The number of hydrogen-bond acceptors (Lipinski definition) is 4. The Kier molecular flexibility index (Phi) is 4.43. The van der Waals surface area contributed by atoms with Crippen LogP contribution < -0.4 is 0 Å². The molecular formula is C24H26N6O. The SMILES string of the molecule is Cc1ccc(-n2nccn2)c(C(=O)N2CCCC2(C)c2nc3c(C)c(C)ccc3[nH]2)c1.